The van der Waals surface area contributed by atoms with Gasteiger partial charge in [-0.3, -0.25) is 14.4 Å². The van der Waals surface area contributed by atoms with Crippen molar-refractivity contribution in [1.82, 2.24) is 0 Å². The number of hydrogen-bond acceptors (Lipinski definition) is 5. The van der Waals surface area contributed by atoms with E-state index in [0.29, 0.717) is 22.7 Å². The highest BCUT2D eigenvalue weighted by Crippen LogP contribution is 2.33. The summed E-state index contributed by atoms with van der Waals surface area (Å²) in [4.78, 5) is 39.6. The normalized spacial score (nSPS) is 13.4. The summed E-state index contributed by atoms with van der Waals surface area (Å²) in [6, 6.07) is 17.9. The molecule has 0 saturated carbocycles. The van der Waals surface area contributed by atoms with Crippen LogP contribution in [0.1, 0.15) is 24.2 Å². The molecule has 0 atom stereocenters. The van der Waals surface area contributed by atoms with E-state index in [1.807, 2.05) is 19.9 Å². The van der Waals surface area contributed by atoms with Crippen LogP contribution in [0.15, 0.2) is 77.5 Å². The van der Waals surface area contributed by atoms with E-state index in [1.54, 1.807) is 36.4 Å². The van der Waals surface area contributed by atoms with Crippen molar-refractivity contribution in [3.8, 4) is 5.75 Å². The van der Waals surface area contributed by atoms with Gasteiger partial charge in [-0.05, 0) is 62.4 Å². The van der Waals surface area contributed by atoms with E-state index in [0.717, 1.165) is 4.90 Å². The highest BCUT2D eigenvalue weighted by Gasteiger charge is 2.39. The Balaban J connectivity index is 1.54. The number of amides is 3. The van der Waals surface area contributed by atoms with Crippen LogP contribution in [-0.2, 0) is 9.59 Å². The van der Waals surface area contributed by atoms with Crippen LogP contribution in [-0.4, -0.2) is 23.8 Å². The minimum absolute atomic E-state index is 0.0669. The highest BCUT2D eigenvalue weighted by molar-refractivity contribution is 6.53. The van der Waals surface area contributed by atoms with Gasteiger partial charge < -0.3 is 15.4 Å². The molecule has 7 nitrogen and oxygen atoms in total. The molecule has 3 aromatic rings. The minimum atomic E-state index is -0.724. The number of rotatable bonds is 7. The number of carbonyl (C=O) groups excluding carboxylic acids is 3. The second-order valence-corrected chi connectivity index (χ2v) is 9.34. The maximum Gasteiger partial charge on any atom is 0.283 e. The lowest BCUT2D eigenvalue weighted by atomic mass is 10.1. The lowest BCUT2D eigenvalue weighted by molar-refractivity contribution is -0.120. The Kier molecular flexibility index (Phi) is 7.54. The molecule has 0 radical (unpaired) electrons. The van der Waals surface area contributed by atoms with Gasteiger partial charge in [0.15, 0.2) is 0 Å². The van der Waals surface area contributed by atoms with Crippen LogP contribution in [0.2, 0.25) is 10.0 Å². The molecule has 1 aliphatic rings. The van der Waals surface area contributed by atoms with Gasteiger partial charge in [0.2, 0.25) is 0 Å². The Morgan fingerprint density at radius 1 is 0.889 bits per heavy atom. The number of benzene rings is 3. The van der Waals surface area contributed by atoms with E-state index in [9.17, 15) is 14.4 Å². The molecule has 10 heteroatoms. The maximum absolute atomic E-state index is 13.1. The van der Waals surface area contributed by atoms with Gasteiger partial charge in [0.05, 0.1) is 17.5 Å². The number of halogens is 3. The van der Waals surface area contributed by atoms with E-state index in [2.05, 4.69) is 10.6 Å². The largest absolute Gasteiger partial charge is 0.489 e. The van der Waals surface area contributed by atoms with E-state index < -0.39 is 11.8 Å². The summed E-state index contributed by atoms with van der Waals surface area (Å²) in [5.74, 6) is -1.25. The maximum atomic E-state index is 13.1. The molecule has 36 heavy (non-hydrogen) atoms. The fraction of sp³-hybridized carbons (Fsp3) is 0.115. The molecule has 0 bridgehead atoms. The average molecular weight is 545 g/mol. The van der Waals surface area contributed by atoms with Gasteiger partial charge >= 0.3 is 0 Å². The fourth-order valence-electron chi connectivity index (χ4n) is 3.52. The third kappa shape index (κ3) is 5.49. The summed E-state index contributed by atoms with van der Waals surface area (Å²) in [6.45, 7) is 3.79. The highest BCUT2D eigenvalue weighted by atomic mass is 35.5. The van der Waals surface area contributed by atoms with E-state index in [4.69, 9.17) is 39.5 Å². The molecule has 0 fully saturated rings. The molecule has 0 unspecified atom stereocenters. The fourth-order valence-corrected chi connectivity index (χ4v) is 4.24. The topological polar surface area (TPSA) is 87.7 Å². The molecule has 3 aromatic carbocycles. The molecule has 0 aliphatic carbocycles. The van der Waals surface area contributed by atoms with Crippen LogP contribution < -0.4 is 20.3 Å². The van der Waals surface area contributed by atoms with E-state index in [1.165, 1.54) is 24.3 Å². The van der Waals surface area contributed by atoms with Crippen molar-refractivity contribution >= 4 is 69.6 Å². The number of carbonyl (C=O) groups is 3. The molecule has 1 heterocycles. The first-order chi connectivity index (χ1) is 17.1. The smallest absolute Gasteiger partial charge is 0.283 e. The summed E-state index contributed by atoms with van der Waals surface area (Å²) in [5.41, 5.74) is 1.27. The van der Waals surface area contributed by atoms with Crippen LogP contribution in [0.3, 0.4) is 0 Å². The Morgan fingerprint density at radius 2 is 1.58 bits per heavy atom. The third-order valence-corrected chi connectivity index (χ3v) is 5.81. The molecule has 0 aromatic heterocycles. The van der Waals surface area contributed by atoms with Crippen LogP contribution in [0, 0.1) is 0 Å². The van der Waals surface area contributed by atoms with Gasteiger partial charge in [-0.15, -0.1) is 0 Å². The quantitative estimate of drug-likeness (QED) is 0.333. The van der Waals surface area contributed by atoms with Crippen molar-refractivity contribution in [3.05, 3.63) is 93.1 Å². The van der Waals surface area contributed by atoms with Crippen molar-refractivity contribution in [3.63, 3.8) is 0 Å². The zero-order valence-corrected chi connectivity index (χ0v) is 21.4. The van der Waals surface area contributed by atoms with Gasteiger partial charge in [-0.1, -0.05) is 53.0 Å². The van der Waals surface area contributed by atoms with Crippen molar-refractivity contribution in [2.75, 3.05) is 15.5 Å². The number of imide groups is 1. The summed E-state index contributed by atoms with van der Waals surface area (Å²) >= 11 is 18.3. The van der Waals surface area contributed by atoms with Gasteiger partial charge in [-0.2, -0.15) is 0 Å². The van der Waals surface area contributed by atoms with Crippen LogP contribution in [0.5, 0.6) is 5.75 Å². The van der Waals surface area contributed by atoms with Crippen LogP contribution in [0.4, 0.5) is 17.1 Å². The standard InChI is InChI=1S/C26H20Cl3N3O4/c1-14(2)36-21-9-4-3-8-20(21)31-24(33)15-6-5-7-18(10-15)30-23-22(29)25(34)32(26(23)35)19-12-16(27)11-17(28)13-19/h3-14,30H,1-2H3,(H,31,33). The Labute approximate surface area is 222 Å². The summed E-state index contributed by atoms with van der Waals surface area (Å²) in [6.07, 6.45) is -0.0669. The molecular formula is C26H20Cl3N3O4. The number of nitrogens with one attached hydrogen (secondary N) is 2. The monoisotopic (exact) mass is 543 g/mol. The van der Waals surface area contributed by atoms with Gasteiger partial charge in [0.25, 0.3) is 17.7 Å². The second kappa shape index (κ2) is 10.6. The van der Waals surface area contributed by atoms with Crippen molar-refractivity contribution in [1.29, 1.82) is 0 Å². The van der Waals surface area contributed by atoms with Crippen LogP contribution in [0.25, 0.3) is 0 Å². The van der Waals surface area contributed by atoms with Gasteiger partial charge in [0.1, 0.15) is 16.5 Å². The number of anilines is 3. The Morgan fingerprint density at radius 3 is 2.28 bits per heavy atom. The zero-order chi connectivity index (χ0) is 26.0. The SMILES string of the molecule is CC(C)Oc1ccccc1NC(=O)c1cccc(NC2=C(Cl)C(=O)N(c3cc(Cl)cc(Cl)c3)C2=O)c1. The molecule has 0 spiro atoms. The second-order valence-electron chi connectivity index (χ2n) is 8.09. The van der Waals surface area contributed by atoms with E-state index in [-0.39, 0.29) is 38.5 Å². The number of para-hydroxylation sites is 2. The van der Waals surface area contributed by atoms with Crippen molar-refractivity contribution in [2.24, 2.45) is 0 Å². The first-order valence-electron chi connectivity index (χ1n) is 10.8. The van der Waals surface area contributed by atoms with Gasteiger partial charge in [-0.25, -0.2) is 4.90 Å². The predicted molar refractivity (Wildman–Crippen MR) is 142 cm³/mol. The van der Waals surface area contributed by atoms with Crippen molar-refractivity contribution < 1.29 is 19.1 Å². The molecule has 184 valence electrons. The van der Waals surface area contributed by atoms with E-state index >= 15 is 0 Å². The Bertz CT molecular complexity index is 1380. The van der Waals surface area contributed by atoms with Crippen molar-refractivity contribution in [2.45, 2.75) is 20.0 Å². The lowest BCUT2D eigenvalue weighted by Gasteiger charge is -2.16. The van der Waals surface area contributed by atoms with Crippen LogP contribution >= 0.6 is 34.8 Å². The summed E-state index contributed by atoms with van der Waals surface area (Å²) in [7, 11) is 0. The minimum Gasteiger partial charge on any atom is -0.489 e. The molecule has 2 N–H and O–H groups in total. The summed E-state index contributed by atoms with van der Waals surface area (Å²) in [5, 5.41) is 5.91. The predicted octanol–water partition coefficient (Wildman–Crippen LogP) is 6.47. The zero-order valence-electron chi connectivity index (χ0n) is 19.1. The third-order valence-electron chi connectivity index (χ3n) is 5.02. The summed E-state index contributed by atoms with van der Waals surface area (Å²) < 4.78 is 5.75. The average Bonchev–Trinajstić information content (AvgIpc) is 3.02. The molecule has 0 saturated heterocycles. The molecule has 4 rings (SSSR count). The molecule has 1 aliphatic heterocycles. The number of nitrogens with zero attached hydrogens (tertiary/aromatic N) is 1. The first-order valence-corrected chi connectivity index (χ1v) is 12.0. The molecular weight excluding hydrogens is 525 g/mol. The van der Waals surface area contributed by atoms with Gasteiger partial charge in [0, 0.05) is 21.3 Å². The number of hydrogen-bond donors (Lipinski definition) is 2. The Hall–Kier alpha value is -3.52. The number of ether oxygens (including phenoxy) is 1. The first kappa shape index (κ1) is 25.6. The lowest BCUT2D eigenvalue weighted by Crippen LogP contribution is -2.32. The molecule has 3 amide bonds.